The van der Waals surface area contributed by atoms with Crippen LogP contribution >= 0.6 is 25.3 Å². The summed E-state index contributed by atoms with van der Waals surface area (Å²) in [6.45, 7) is 0. The predicted molar refractivity (Wildman–Crippen MR) is 45.0 cm³/mol. The van der Waals surface area contributed by atoms with Gasteiger partial charge in [-0.05, 0) is 12.8 Å². The van der Waals surface area contributed by atoms with E-state index in [0.29, 0.717) is 0 Å². The van der Waals surface area contributed by atoms with Crippen molar-refractivity contribution in [3.63, 3.8) is 0 Å². The molecule has 0 aromatic carbocycles. The van der Waals surface area contributed by atoms with Crippen molar-refractivity contribution in [1.82, 2.24) is 0 Å². The standard InChI is InChI=1S/C6H12S2/c7-5-3-1-2-4-6-8/h5-8H,1-4H2. The van der Waals surface area contributed by atoms with Crippen LogP contribution in [-0.4, -0.2) is 0 Å². The lowest BCUT2D eigenvalue weighted by Gasteiger charge is -1.92. The molecule has 0 fully saturated rings. The largest absolute Gasteiger partial charge is 0.175 e. The lowest BCUT2D eigenvalue weighted by molar-refractivity contribution is 0.750. The second-order valence-corrected chi connectivity index (χ2v) is 2.38. The average molecular weight is 148 g/mol. The van der Waals surface area contributed by atoms with Gasteiger partial charge in [0.05, 0.1) is 0 Å². The van der Waals surface area contributed by atoms with Crippen LogP contribution in [0.5, 0.6) is 0 Å². The third-order valence-corrected chi connectivity index (χ3v) is 1.43. The van der Waals surface area contributed by atoms with Crippen molar-refractivity contribution in [2.24, 2.45) is 0 Å². The molecule has 0 nitrogen and oxygen atoms in total. The molecule has 8 heavy (non-hydrogen) atoms. The highest BCUT2D eigenvalue weighted by Crippen LogP contribution is 2.05. The van der Waals surface area contributed by atoms with E-state index in [-0.39, 0.29) is 0 Å². The lowest BCUT2D eigenvalue weighted by Crippen LogP contribution is -1.73. The van der Waals surface area contributed by atoms with E-state index >= 15 is 0 Å². The molecule has 2 heteroatoms. The van der Waals surface area contributed by atoms with E-state index in [1.165, 1.54) is 12.8 Å². The molecule has 0 N–H and O–H groups in total. The summed E-state index contributed by atoms with van der Waals surface area (Å²) in [5, 5.41) is 0. The summed E-state index contributed by atoms with van der Waals surface area (Å²) in [6.07, 6.45) is 4.70. The molecule has 0 saturated carbocycles. The van der Waals surface area contributed by atoms with Gasteiger partial charge in [-0.2, -0.15) is 25.3 Å². The Kier molecular flexibility index (Phi) is 8.37. The SMILES string of the molecule is S[CH]CCCC[CH]S. The second-order valence-electron chi connectivity index (χ2n) is 1.65. The first-order valence-corrected chi connectivity index (χ1v) is 3.87. The molecule has 0 aliphatic rings. The molecular weight excluding hydrogens is 136 g/mol. The zero-order chi connectivity index (χ0) is 6.24. The quantitative estimate of drug-likeness (QED) is 0.435. The fourth-order valence-electron chi connectivity index (χ4n) is 0.471. The Morgan fingerprint density at radius 1 is 0.875 bits per heavy atom. The van der Waals surface area contributed by atoms with E-state index in [9.17, 15) is 0 Å². The molecule has 0 amide bonds. The molecular formula is C6H12S2. The molecule has 0 aliphatic heterocycles. The first-order chi connectivity index (χ1) is 3.91. The summed E-state index contributed by atoms with van der Waals surface area (Å²) in [5.74, 6) is 3.80. The number of hydrogen-bond donors (Lipinski definition) is 2. The third kappa shape index (κ3) is 6.70. The molecule has 0 aromatic rings. The number of unbranched alkanes of at least 4 members (excludes halogenated alkanes) is 3. The Balaban J connectivity index is 2.53. The number of thiol groups is 2. The number of rotatable bonds is 5. The van der Waals surface area contributed by atoms with Gasteiger partial charge < -0.3 is 0 Å². The normalized spacial score (nSPS) is 9.75. The minimum atomic E-state index is 1.12. The van der Waals surface area contributed by atoms with Crippen LogP contribution in [-0.2, 0) is 0 Å². The first-order valence-electron chi connectivity index (χ1n) is 2.83. The van der Waals surface area contributed by atoms with E-state index in [1.54, 1.807) is 0 Å². The molecule has 0 bridgehead atoms. The van der Waals surface area contributed by atoms with Gasteiger partial charge in [-0.25, -0.2) is 0 Å². The summed E-state index contributed by atoms with van der Waals surface area (Å²) in [7, 11) is 0. The van der Waals surface area contributed by atoms with E-state index in [0.717, 1.165) is 12.8 Å². The summed E-state index contributed by atoms with van der Waals surface area (Å²) in [5.41, 5.74) is 0. The average Bonchev–Trinajstić information content (AvgIpc) is 1.81. The Labute approximate surface area is 62.9 Å². The smallest absolute Gasteiger partial charge is 0.0133 e. The summed E-state index contributed by atoms with van der Waals surface area (Å²) in [6, 6.07) is 0. The minimum Gasteiger partial charge on any atom is -0.175 e. The highest BCUT2D eigenvalue weighted by atomic mass is 32.1. The van der Waals surface area contributed by atoms with Crippen LogP contribution in [0, 0.1) is 11.5 Å². The second kappa shape index (κ2) is 7.70. The van der Waals surface area contributed by atoms with E-state index < -0.39 is 0 Å². The van der Waals surface area contributed by atoms with Gasteiger partial charge >= 0.3 is 0 Å². The zero-order valence-electron chi connectivity index (χ0n) is 4.88. The van der Waals surface area contributed by atoms with E-state index in [2.05, 4.69) is 25.3 Å². The van der Waals surface area contributed by atoms with Crippen molar-refractivity contribution < 1.29 is 0 Å². The maximum absolute atomic E-state index is 3.97. The van der Waals surface area contributed by atoms with Gasteiger partial charge in [-0.1, -0.05) is 12.8 Å². The molecule has 0 spiro atoms. The van der Waals surface area contributed by atoms with Gasteiger partial charge in [0.15, 0.2) is 0 Å². The van der Waals surface area contributed by atoms with Crippen LogP contribution in [0.2, 0.25) is 0 Å². The van der Waals surface area contributed by atoms with Crippen LogP contribution in [0.1, 0.15) is 25.7 Å². The van der Waals surface area contributed by atoms with Gasteiger partial charge in [0, 0.05) is 11.5 Å². The van der Waals surface area contributed by atoms with Crippen LogP contribution < -0.4 is 0 Å². The lowest BCUT2D eigenvalue weighted by atomic mass is 10.2. The van der Waals surface area contributed by atoms with Crippen LogP contribution in [0.3, 0.4) is 0 Å². The molecule has 0 atom stereocenters. The Bertz CT molecular complexity index is 31.5. The Morgan fingerprint density at radius 2 is 1.25 bits per heavy atom. The van der Waals surface area contributed by atoms with Crippen molar-refractivity contribution in [2.45, 2.75) is 25.7 Å². The predicted octanol–water partition coefficient (Wildman–Crippen LogP) is 2.73. The van der Waals surface area contributed by atoms with Crippen molar-refractivity contribution in [3.8, 4) is 0 Å². The van der Waals surface area contributed by atoms with Crippen LogP contribution in [0.25, 0.3) is 0 Å². The van der Waals surface area contributed by atoms with Gasteiger partial charge in [-0.3, -0.25) is 0 Å². The highest BCUT2D eigenvalue weighted by molar-refractivity contribution is 7.82. The minimum absolute atomic E-state index is 1.12. The topological polar surface area (TPSA) is 0 Å². The van der Waals surface area contributed by atoms with Gasteiger partial charge in [0.1, 0.15) is 0 Å². The maximum atomic E-state index is 3.97. The number of hydrogen-bond acceptors (Lipinski definition) is 2. The van der Waals surface area contributed by atoms with Crippen molar-refractivity contribution >= 4 is 25.3 Å². The fourth-order valence-corrected chi connectivity index (χ4v) is 0.836. The first kappa shape index (κ1) is 8.70. The van der Waals surface area contributed by atoms with Gasteiger partial charge in [-0.15, -0.1) is 0 Å². The summed E-state index contributed by atoms with van der Waals surface area (Å²) >= 11 is 7.94. The van der Waals surface area contributed by atoms with Gasteiger partial charge in [0.2, 0.25) is 0 Å². The van der Waals surface area contributed by atoms with E-state index in [4.69, 9.17) is 0 Å². The van der Waals surface area contributed by atoms with Crippen LogP contribution in [0.15, 0.2) is 0 Å². The van der Waals surface area contributed by atoms with Gasteiger partial charge in [0.25, 0.3) is 0 Å². The summed E-state index contributed by atoms with van der Waals surface area (Å²) in [4.78, 5) is 0. The van der Waals surface area contributed by atoms with Crippen molar-refractivity contribution in [1.29, 1.82) is 0 Å². The Morgan fingerprint density at radius 3 is 1.50 bits per heavy atom. The molecule has 0 saturated heterocycles. The molecule has 0 heterocycles. The molecule has 2 radical (unpaired) electrons. The molecule has 0 aromatic heterocycles. The molecule has 0 rings (SSSR count). The molecule has 0 unspecified atom stereocenters. The molecule has 0 aliphatic carbocycles. The zero-order valence-corrected chi connectivity index (χ0v) is 6.67. The highest BCUT2D eigenvalue weighted by Gasteiger charge is 1.84. The third-order valence-electron chi connectivity index (χ3n) is 0.916. The Hall–Kier alpha value is 0.700. The fraction of sp³-hybridized carbons (Fsp3) is 0.667. The van der Waals surface area contributed by atoms with Crippen LogP contribution in [0.4, 0.5) is 0 Å². The monoisotopic (exact) mass is 148 g/mol. The molecule has 48 valence electrons. The van der Waals surface area contributed by atoms with Crippen molar-refractivity contribution in [2.75, 3.05) is 0 Å². The maximum Gasteiger partial charge on any atom is 0.0133 e. The summed E-state index contributed by atoms with van der Waals surface area (Å²) < 4.78 is 0. The van der Waals surface area contributed by atoms with Crippen molar-refractivity contribution in [3.05, 3.63) is 11.5 Å². The van der Waals surface area contributed by atoms with E-state index in [1.807, 2.05) is 11.5 Å².